The zero-order valence-electron chi connectivity index (χ0n) is 17.7. The number of rotatable bonds is 7. The van der Waals surface area contributed by atoms with Gasteiger partial charge in [-0.1, -0.05) is 61.5 Å². The number of para-hydroxylation sites is 1. The molecule has 0 unspecified atom stereocenters. The second kappa shape index (κ2) is 10.4. The van der Waals surface area contributed by atoms with Gasteiger partial charge in [-0.2, -0.15) is 0 Å². The highest BCUT2D eigenvalue weighted by Gasteiger charge is 2.19. The van der Waals surface area contributed by atoms with Crippen LogP contribution in [-0.4, -0.2) is 32.2 Å². The zero-order chi connectivity index (χ0) is 23.3. The molecule has 0 aliphatic rings. The van der Waals surface area contributed by atoms with Crippen LogP contribution < -0.4 is 16.2 Å². The van der Waals surface area contributed by atoms with Crippen LogP contribution in [0.1, 0.15) is 20.8 Å². The van der Waals surface area contributed by atoms with E-state index in [0.29, 0.717) is 22.0 Å². The molecule has 8 nitrogen and oxygen atoms in total. The van der Waals surface area contributed by atoms with Crippen LogP contribution in [0.2, 0.25) is 5.02 Å². The van der Waals surface area contributed by atoms with Crippen LogP contribution in [0.4, 0.5) is 11.4 Å². The molecule has 0 spiro atoms. The van der Waals surface area contributed by atoms with Crippen molar-refractivity contribution in [2.24, 2.45) is 5.92 Å². The van der Waals surface area contributed by atoms with Gasteiger partial charge in [0.05, 0.1) is 10.9 Å². The lowest BCUT2D eigenvalue weighted by atomic mass is 10.1. The Bertz CT molecular complexity index is 1200. The molecule has 3 aromatic rings. The van der Waals surface area contributed by atoms with Crippen LogP contribution in [-0.2, 0) is 9.59 Å². The number of halogens is 1. The second-order valence-corrected chi connectivity index (χ2v) is 9.02. The van der Waals surface area contributed by atoms with E-state index in [0.717, 1.165) is 11.8 Å². The average Bonchev–Trinajstić information content (AvgIpc) is 2.74. The molecule has 0 saturated carbocycles. The highest BCUT2D eigenvalue weighted by molar-refractivity contribution is 8.00. The fraction of sp³-hybridized carbons (Fsp3) is 0.227. The Balaban J connectivity index is 1.75. The first-order valence-corrected chi connectivity index (χ1v) is 11.1. The number of carbonyl (C=O) groups excluding carboxylic acids is 2. The van der Waals surface area contributed by atoms with Gasteiger partial charge in [0.25, 0.3) is 5.56 Å². The van der Waals surface area contributed by atoms with Gasteiger partial charge in [-0.05, 0) is 31.2 Å². The van der Waals surface area contributed by atoms with Crippen molar-refractivity contribution in [2.75, 3.05) is 10.6 Å². The molecule has 1 aromatic heterocycles. The van der Waals surface area contributed by atoms with Gasteiger partial charge >= 0.3 is 0 Å². The molecule has 0 aliphatic carbocycles. The van der Waals surface area contributed by atoms with Crippen LogP contribution >= 0.6 is 23.4 Å². The maximum Gasteiger partial charge on any atom is 0.278 e. The van der Waals surface area contributed by atoms with Crippen molar-refractivity contribution in [3.63, 3.8) is 0 Å². The fourth-order valence-electron chi connectivity index (χ4n) is 2.66. The molecule has 10 heteroatoms. The number of nitrogens with one attached hydrogen (secondary N) is 3. The summed E-state index contributed by atoms with van der Waals surface area (Å²) < 4.78 is 0. The maximum absolute atomic E-state index is 12.7. The van der Waals surface area contributed by atoms with Gasteiger partial charge in [0.1, 0.15) is 0 Å². The molecule has 2 amide bonds. The summed E-state index contributed by atoms with van der Waals surface area (Å²) in [5, 5.41) is 13.8. The van der Waals surface area contributed by atoms with Crippen LogP contribution in [0, 0.1) is 5.92 Å². The van der Waals surface area contributed by atoms with E-state index in [1.165, 1.54) is 0 Å². The summed E-state index contributed by atoms with van der Waals surface area (Å²) in [4.78, 5) is 39.9. The third-order valence-corrected chi connectivity index (χ3v) is 5.60. The third-order valence-electron chi connectivity index (χ3n) is 4.39. The van der Waals surface area contributed by atoms with Crippen LogP contribution in [0.5, 0.6) is 0 Å². The molecule has 3 rings (SSSR count). The van der Waals surface area contributed by atoms with Crippen LogP contribution in [0.15, 0.2) is 58.5 Å². The van der Waals surface area contributed by atoms with E-state index in [-0.39, 0.29) is 28.6 Å². The lowest BCUT2D eigenvalue weighted by Gasteiger charge is -2.13. The van der Waals surface area contributed by atoms with Crippen molar-refractivity contribution in [1.29, 1.82) is 0 Å². The van der Waals surface area contributed by atoms with Gasteiger partial charge in [0.15, 0.2) is 10.9 Å². The summed E-state index contributed by atoms with van der Waals surface area (Å²) in [7, 11) is 0. The first-order chi connectivity index (χ1) is 15.2. The van der Waals surface area contributed by atoms with E-state index >= 15 is 0 Å². The number of hydrogen-bond donors (Lipinski definition) is 3. The smallest absolute Gasteiger partial charge is 0.278 e. The lowest BCUT2D eigenvalue weighted by molar-refractivity contribution is -0.119. The number of nitrogens with zero attached hydrogens (tertiary/aromatic N) is 2. The quantitative estimate of drug-likeness (QED) is 0.444. The molecule has 32 heavy (non-hydrogen) atoms. The molecule has 0 bridgehead atoms. The summed E-state index contributed by atoms with van der Waals surface area (Å²) in [6.07, 6.45) is 0. The van der Waals surface area contributed by atoms with Gasteiger partial charge in [-0.3, -0.25) is 19.4 Å². The van der Waals surface area contributed by atoms with Gasteiger partial charge < -0.3 is 10.6 Å². The number of aromatic amines is 1. The predicted octanol–water partition coefficient (Wildman–Crippen LogP) is 4.20. The summed E-state index contributed by atoms with van der Waals surface area (Å²) in [5.74, 6) is -0.662. The minimum Gasteiger partial charge on any atom is -0.325 e. The van der Waals surface area contributed by atoms with Gasteiger partial charge in [0, 0.05) is 22.2 Å². The number of amides is 2. The molecule has 166 valence electrons. The molecule has 3 N–H and O–H groups in total. The van der Waals surface area contributed by atoms with Gasteiger partial charge in [-0.25, -0.2) is 0 Å². The van der Waals surface area contributed by atoms with Crippen molar-refractivity contribution in [2.45, 2.75) is 31.2 Å². The molecule has 0 radical (unpaired) electrons. The predicted molar refractivity (Wildman–Crippen MR) is 127 cm³/mol. The summed E-state index contributed by atoms with van der Waals surface area (Å²) >= 11 is 7.00. The monoisotopic (exact) mass is 471 g/mol. The van der Waals surface area contributed by atoms with Crippen molar-refractivity contribution in [1.82, 2.24) is 15.2 Å². The van der Waals surface area contributed by atoms with E-state index in [1.54, 1.807) is 69.3 Å². The van der Waals surface area contributed by atoms with Crippen molar-refractivity contribution < 1.29 is 9.59 Å². The summed E-state index contributed by atoms with van der Waals surface area (Å²) in [6.45, 7) is 5.25. The Hall–Kier alpha value is -3.17. The molecule has 1 atom stereocenters. The average molecular weight is 472 g/mol. The number of aromatic nitrogens is 3. The van der Waals surface area contributed by atoms with Crippen molar-refractivity contribution in [3.05, 3.63) is 63.9 Å². The van der Waals surface area contributed by atoms with E-state index in [2.05, 4.69) is 25.8 Å². The summed E-state index contributed by atoms with van der Waals surface area (Å²) in [6, 6.07) is 13.7. The maximum atomic E-state index is 12.7. The van der Waals surface area contributed by atoms with Gasteiger partial charge in [0.2, 0.25) is 11.8 Å². The van der Waals surface area contributed by atoms with Crippen LogP contribution in [0.25, 0.3) is 11.3 Å². The lowest BCUT2D eigenvalue weighted by Crippen LogP contribution is -2.24. The molecular formula is C22H22ClN5O3S. The Morgan fingerprint density at radius 3 is 2.44 bits per heavy atom. The number of thioether (sulfide) groups is 1. The van der Waals surface area contributed by atoms with Crippen molar-refractivity contribution in [3.8, 4) is 11.3 Å². The first-order valence-electron chi connectivity index (χ1n) is 9.85. The molecule has 0 aliphatic heterocycles. The molecular weight excluding hydrogens is 450 g/mol. The molecule has 0 saturated heterocycles. The minimum atomic E-state index is -0.553. The van der Waals surface area contributed by atoms with Gasteiger partial charge in [-0.15, -0.1) is 10.2 Å². The fourth-order valence-corrected chi connectivity index (χ4v) is 3.59. The summed E-state index contributed by atoms with van der Waals surface area (Å²) in [5.41, 5.74) is 1.10. The number of hydrogen-bond acceptors (Lipinski definition) is 6. The van der Waals surface area contributed by atoms with E-state index < -0.39 is 10.8 Å². The topological polar surface area (TPSA) is 117 Å². The largest absolute Gasteiger partial charge is 0.325 e. The zero-order valence-corrected chi connectivity index (χ0v) is 19.3. The Labute approximate surface area is 194 Å². The third kappa shape index (κ3) is 5.95. The number of anilines is 2. The highest BCUT2D eigenvalue weighted by Crippen LogP contribution is 2.25. The minimum absolute atomic E-state index is 0.0741. The standard InChI is InChI=1S/C22H22ClN5O3S/c1-12(2)19(29)25-17-10-5-4-9-16(17)18-21(31)26-22(28-27-18)32-13(3)20(30)24-15-8-6-7-14(23)11-15/h4-13H,1-3H3,(H,24,30)(H,25,29)(H,26,28,31)/t13-/m1/s1. The molecule has 2 aromatic carbocycles. The van der Waals surface area contributed by atoms with Crippen LogP contribution in [0.3, 0.4) is 0 Å². The highest BCUT2D eigenvalue weighted by atomic mass is 35.5. The second-order valence-electron chi connectivity index (χ2n) is 7.26. The Morgan fingerprint density at radius 2 is 1.75 bits per heavy atom. The van der Waals surface area contributed by atoms with Crippen molar-refractivity contribution >= 4 is 46.6 Å². The Kier molecular flexibility index (Phi) is 7.66. The number of H-pyrrole nitrogens is 1. The Morgan fingerprint density at radius 1 is 1.00 bits per heavy atom. The molecule has 1 heterocycles. The SMILES string of the molecule is CC(C)C(=O)Nc1ccccc1-c1nnc(S[C@H](C)C(=O)Nc2cccc(Cl)c2)[nH]c1=O. The van der Waals surface area contributed by atoms with E-state index in [1.807, 2.05) is 0 Å². The van der Waals surface area contributed by atoms with E-state index in [9.17, 15) is 14.4 Å². The van der Waals surface area contributed by atoms with E-state index in [4.69, 9.17) is 11.6 Å². The number of carbonyl (C=O) groups is 2. The number of benzene rings is 2. The normalized spacial score (nSPS) is 11.8. The molecule has 0 fully saturated rings. The first kappa shape index (κ1) is 23.5.